The van der Waals surface area contributed by atoms with Crippen molar-refractivity contribution in [1.29, 1.82) is 0 Å². The number of hydrogen-bond donors (Lipinski definition) is 0. The summed E-state index contributed by atoms with van der Waals surface area (Å²) in [6.45, 7) is 2.08. The molecule has 1 unspecified atom stereocenters. The van der Waals surface area contributed by atoms with Crippen LogP contribution in [0, 0.1) is 12.8 Å². The number of carbonyl (C=O) groups excluding carboxylic acids is 1. The lowest BCUT2D eigenvalue weighted by Crippen LogP contribution is -1.75. The Morgan fingerprint density at radius 3 is 2.92 bits per heavy atom. The predicted molar refractivity (Wildman–Crippen MR) is 53.3 cm³/mol. The monoisotopic (exact) mass is 172 g/mol. The zero-order valence-electron chi connectivity index (χ0n) is 7.66. The van der Waals surface area contributed by atoms with E-state index in [-0.39, 0.29) is 5.92 Å². The summed E-state index contributed by atoms with van der Waals surface area (Å²) in [5.41, 5.74) is 3.73. The topological polar surface area (TPSA) is 17.1 Å². The van der Waals surface area contributed by atoms with Gasteiger partial charge in [-0.3, -0.25) is 0 Å². The predicted octanol–water partition coefficient (Wildman–Crippen LogP) is 2.60. The first-order chi connectivity index (χ1) is 6.29. The van der Waals surface area contributed by atoms with Crippen LogP contribution in [0.3, 0.4) is 0 Å². The summed E-state index contributed by atoms with van der Waals surface area (Å²) in [4.78, 5) is 10.4. The Labute approximate surface area is 78.1 Å². The van der Waals surface area contributed by atoms with Crippen LogP contribution in [0.15, 0.2) is 29.8 Å². The van der Waals surface area contributed by atoms with E-state index < -0.39 is 0 Å². The Kier molecular flexibility index (Phi) is 2.01. The van der Waals surface area contributed by atoms with Crippen molar-refractivity contribution in [3.05, 3.63) is 41.0 Å². The van der Waals surface area contributed by atoms with Gasteiger partial charge in [0.1, 0.15) is 6.29 Å². The van der Waals surface area contributed by atoms with Gasteiger partial charge in [-0.25, -0.2) is 0 Å². The standard InChI is InChI=1S/C12H12O/c1-9-3-2-4-10(5-9)6-11-7-12(11)8-13/h2-6,8,12H,7H2,1H3/b11-6+. The molecule has 1 aliphatic rings. The van der Waals surface area contributed by atoms with Gasteiger partial charge in [-0.2, -0.15) is 0 Å². The molecule has 1 heteroatoms. The molecule has 0 heterocycles. The first-order valence-corrected chi connectivity index (χ1v) is 4.52. The second-order valence-corrected chi connectivity index (χ2v) is 3.58. The molecule has 0 aromatic heterocycles. The van der Waals surface area contributed by atoms with Gasteiger partial charge in [0.15, 0.2) is 0 Å². The van der Waals surface area contributed by atoms with Crippen molar-refractivity contribution < 1.29 is 4.79 Å². The minimum atomic E-state index is 0.209. The number of rotatable bonds is 2. The SMILES string of the molecule is Cc1cccc(/C=C2\CC2C=O)c1. The van der Waals surface area contributed by atoms with Crippen LogP contribution in [0.2, 0.25) is 0 Å². The summed E-state index contributed by atoms with van der Waals surface area (Å²) in [6.07, 6.45) is 4.10. The fourth-order valence-electron chi connectivity index (χ4n) is 1.47. The molecule has 0 radical (unpaired) electrons. The summed E-state index contributed by atoms with van der Waals surface area (Å²) >= 11 is 0. The van der Waals surface area contributed by atoms with Crippen molar-refractivity contribution in [2.24, 2.45) is 5.92 Å². The second-order valence-electron chi connectivity index (χ2n) is 3.58. The maximum atomic E-state index is 10.4. The molecule has 1 aliphatic carbocycles. The Morgan fingerprint density at radius 1 is 1.46 bits per heavy atom. The van der Waals surface area contributed by atoms with Crippen LogP contribution in [0.4, 0.5) is 0 Å². The number of benzene rings is 1. The molecule has 1 atom stereocenters. The number of carbonyl (C=O) groups is 1. The van der Waals surface area contributed by atoms with Gasteiger partial charge < -0.3 is 4.79 Å². The smallest absolute Gasteiger partial charge is 0.127 e. The van der Waals surface area contributed by atoms with Gasteiger partial charge in [-0.05, 0) is 18.9 Å². The molecule has 1 saturated carbocycles. The molecule has 0 N–H and O–H groups in total. The Morgan fingerprint density at radius 2 is 2.31 bits per heavy atom. The van der Waals surface area contributed by atoms with Crippen LogP contribution in [0.1, 0.15) is 17.5 Å². The van der Waals surface area contributed by atoms with Crippen molar-refractivity contribution in [2.75, 3.05) is 0 Å². The summed E-state index contributed by atoms with van der Waals surface area (Å²) in [6, 6.07) is 8.32. The maximum Gasteiger partial charge on any atom is 0.127 e. The van der Waals surface area contributed by atoms with E-state index >= 15 is 0 Å². The summed E-state index contributed by atoms with van der Waals surface area (Å²) in [7, 11) is 0. The summed E-state index contributed by atoms with van der Waals surface area (Å²) < 4.78 is 0. The first-order valence-electron chi connectivity index (χ1n) is 4.52. The third-order valence-corrected chi connectivity index (χ3v) is 2.33. The molecule has 0 spiro atoms. The van der Waals surface area contributed by atoms with Crippen molar-refractivity contribution in [2.45, 2.75) is 13.3 Å². The van der Waals surface area contributed by atoms with Crippen LogP contribution in [-0.2, 0) is 4.79 Å². The van der Waals surface area contributed by atoms with Crippen LogP contribution in [0.5, 0.6) is 0 Å². The molecule has 66 valence electrons. The normalized spacial score (nSPS) is 23.2. The van der Waals surface area contributed by atoms with E-state index in [1.54, 1.807) is 0 Å². The molecular formula is C12H12O. The summed E-state index contributed by atoms with van der Waals surface area (Å²) in [5.74, 6) is 0.209. The number of aryl methyl sites for hydroxylation is 1. The van der Waals surface area contributed by atoms with E-state index in [1.807, 2.05) is 6.07 Å². The third kappa shape index (κ3) is 1.86. The number of aldehydes is 1. The van der Waals surface area contributed by atoms with Gasteiger partial charge in [0.2, 0.25) is 0 Å². The maximum absolute atomic E-state index is 10.4. The highest BCUT2D eigenvalue weighted by molar-refractivity contribution is 5.73. The van der Waals surface area contributed by atoms with Gasteiger partial charge in [0.25, 0.3) is 0 Å². The molecule has 1 nitrogen and oxygen atoms in total. The lowest BCUT2D eigenvalue weighted by atomic mass is 10.1. The van der Waals surface area contributed by atoms with Gasteiger partial charge >= 0.3 is 0 Å². The van der Waals surface area contributed by atoms with Crippen molar-refractivity contribution >= 4 is 12.4 Å². The quantitative estimate of drug-likeness (QED) is 0.627. The van der Waals surface area contributed by atoms with E-state index in [0.29, 0.717) is 0 Å². The fourth-order valence-corrected chi connectivity index (χ4v) is 1.47. The average Bonchev–Trinajstić information content (AvgIpc) is 2.83. The third-order valence-electron chi connectivity index (χ3n) is 2.33. The van der Waals surface area contributed by atoms with Crippen LogP contribution >= 0.6 is 0 Å². The van der Waals surface area contributed by atoms with Crippen LogP contribution in [-0.4, -0.2) is 6.29 Å². The average molecular weight is 172 g/mol. The number of allylic oxidation sites excluding steroid dienone is 1. The lowest BCUT2D eigenvalue weighted by Gasteiger charge is -1.94. The lowest BCUT2D eigenvalue weighted by molar-refractivity contribution is -0.108. The van der Waals surface area contributed by atoms with Crippen LogP contribution in [0.25, 0.3) is 6.08 Å². The highest BCUT2D eigenvalue weighted by atomic mass is 16.1. The van der Waals surface area contributed by atoms with Gasteiger partial charge in [0.05, 0.1) is 0 Å². The molecule has 1 aromatic carbocycles. The second kappa shape index (κ2) is 3.17. The van der Waals surface area contributed by atoms with Crippen LogP contribution < -0.4 is 0 Å². The highest BCUT2D eigenvalue weighted by Gasteiger charge is 2.28. The van der Waals surface area contributed by atoms with E-state index in [4.69, 9.17) is 0 Å². The Bertz CT molecular complexity index is 363. The minimum Gasteiger partial charge on any atom is -0.303 e. The zero-order valence-corrected chi connectivity index (χ0v) is 7.66. The Hall–Kier alpha value is -1.37. The van der Waals surface area contributed by atoms with Crippen molar-refractivity contribution in [3.8, 4) is 0 Å². The summed E-state index contributed by atoms with van der Waals surface area (Å²) in [5, 5.41) is 0. The zero-order chi connectivity index (χ0) is 9.26. The van der Waals surface area contributed by atoms with Crippen molar-refractivity contribution in [3.63, 3.8) is 0 Å². The molecule has 1 fully saturated rings. The molecule has 0 bridgehead atoms. The van der Waals surface area contributed by atoms with Gasteiger partial charge in [-0.15, -0.1) is 0 Å². The fraction of sp³-hybridized carbons (Fsp3) is 0.250. The van der Waals surface area contributed by atoms with E-state index in [0.717, 1.165) is 12.7 Å². The van der Waals surface area contributed by atoms with E-state index in [9.17, 15) is 4.79 Å². The van der Waals surface area contributed by atoms with Crippen molar-refractivity contribution in [1.82, 2.24) is 0 Å². The number of hydrogen-bond acceptors (Lipinski definition) is 1. The van der Waals surface area contributed by atoms with Gasteiger partial charge in [0, 0.05) is 5.92 Å². The minimum absolute atomic E-state index is 0.209. The molecule has 1 aromatic rings. The Balaban J connectivity index is 2.19. The largest absolute Gasteiger partial charge is 0.303 e. The molecule has 13 heavy (non-hydrogen) atoms. The molecule has 0 amide bonds. The highest BCUT2D eigenvalue weighted by Crippen LogP contribution is 2.37. The molecule has 2 rings (SSSR count). The molecular weight excluding hydrogens is 160 g/mol. The van der Waals surface area contributed by atoms with E-state index in [1.165, 1.54) is 16.7 Å². The molecule has 0 aliphatic heterocycles. The van der Waals surface area contributed by atoms with E-state index in [2.05, 4.69) is 31.2 Å². The first kappa shape index (κ1) is 8.24. The van der Waals surface area contributed by atoms with Gasteiger partial charge in [-0.1, -0.05) is 41.5 Å². The molecule has 0 saturated heterocycles.